The zero-order valence-electron chi connectivity index (χ0n) is 18.1. The standard InChI is InChI=1S/C23H22ClN7O2/c1-16-20(23(28-33-16)17-4-5-21(24)26-12-17)15-31-22(32)11-19(14-27-31)30-9-7-29(8-10-30)18-3-2-6-25-13-18/h2-6,11-14H,7-10,15H2,1H3. The third-order valence-electron chi connectivity index (χ3n) is 5.80. The molecule has 0 saturated carbocycles. The van der Waals surface area contributed by atoms with Crippen molar-refractivity contribution in [1.82, 2.24) is 24.9 Å². The molecule has 0 spiro atoms. The molecule has 5 rings (SSSR count). The summed E-state index contributed by atoms with van der Waals surface area (Å²) in [6.45, 7) is 5.38. The van der Waals surface area contributed by atoms with Crippen LogP contribution in [0.2, 0.25) is 5.15 Å². The molecular weight excluding hydrogens is 442 g/mol. The summed E-state index contributed by atoms with van der Waals surface area (Å²) in [7, 11) is 0. The first kappa shape index (κ1) is 21.1. The lowest BCUT2D eigenvalue weighted by Crippen LogP contribution is -2.47. The van der Waals surface area contributed by atoms with Gasteiger partial charge < -0.3 is 14.3 Å². The Labute approximate surface area is 195 Å². The SMILES string of the molecule is Cc1onc(-c2ccc(Cl)nc2)c1Cn1ncc(N2CCN(c3cccnc3)CC2)cc1=O. The van der Waals surface area contributed by atoms with Crippen molar-refractivity contribution < 1.29 is 4.52 Å². The quantitative estimate of drug-likeness (QED) is 0.417. The zero-order chi connectivity index (χ0) is 22.8. The molecule has 0 atom stereocenters. The Hall–Kier alpha value is -3.72. The number of piperazine rings is 1. The molecule has 0 bridgehead atoms. The minimum Gasteiger partial charge on any atom is -0.367 e. The molecule has 5 heterocycles. The molecule has 1 saturated heterocycles. The van der Waals surface area contributed by atoms with Crippen LogP contribution in [0.5, 0.6) is 0 Å². The van der Waals surface area contributed by atoms with Crippen LogP contribution >= 0.6 is 11.6 Å². The van der Waals surface area contributed by atoms with Gasteiger partial charge >= 0.3 is 0 Å². The number of pyridine rings is 2. The highest BCUT2D eigenvalue weighted by Gasteiger charge is 2.20. The third kappa shape index (κ3) is 4.45. The van der Waals surface area contributed by atoms with E-state index in [0.29, 0.717) is 16.6 Å². The Balaban J connectivity index is 1.31. The fourth-order valence-corrected chi connectivity index (χ4v) is 4.06. The van der Waals surface area contributed by atoms with E-state index in [4.69, 9.17) is 16.1 Å². The smallest absolute Gasteiger partial charge is 0.269 e. The van der Waals surface area contributed by atoms with E-state index in [9.17, 15) is 4.79 Å². The minimum atomic E-state index is -0.178. The van der Waals surface area contributed by atoms with Crippen LogP contribution in [0.3, 0.4) is 0 Å². The molecule has 1 fully saturated rings. The Morgan fingerprint density at radius 1 is 1.03 bits per heavy atom. The van der Waals surface area contributed by atoms with Gasteiger partial charge in [-0.15, -0.1) is 0 Å². The largest absolute Gasteiger partial charge is 0.367 e. The molecule has 168 valence electrons. The Kier molecular flexibility index (Phi) is 5.78. The number of halogens is 1. The van der Waals surface area contributed by atoms with Gasteiger partial charge in [-0.3, -0.25) is 9.78 Å². The summed E-state index contributed by atoms with van der Waals surface area (Å²) in [6, 6.07) is 9.15. The highest BCUT2D eigenvalue weighted by molar-refractivity contribution is 6.29. The number of aromatic nitrogens is 5. The van der Waals surface area contributed by atoms with Gasteiger partial charge in [0.2, 0.25) is 0 Å². The van der Waals surface area contributed by atoms with Crippen molar-refractivity contribution in [2.24, 2.45) is 0 Å². The van der Waals surface area contributed by atoms with E-state index in [2.05, 4.69) is 36.1 Å². The fourth-order valence-electron chi connectivity index (χ4n) is 3.95. The molecule has 4 aromatic heterocycles. The van der Waals surface area contributed by atoms with E-state index in [1.165, 1.54) is 4.68 Å². The summed E-state index contributed by atoms with van der Waals surface area (Å²) in [5.41, 5.74) is 3.94. The van der Waals surface area contributed by atoms with Crippen LogP contribution in [-0.4, -0.2) is 51.1 Å². The fraction of sp³-hybridized carbons (Fsp3) is 0.261. The molecule has 0 radical (unpaired) electrons. The predicted octanol–water partition coefficient (Wildman–Crippen LogP) is 3.03. The van der Waals surface area contributed by atoms with Crippen LogP contribution in [0.1, 0.15) is 11.3 Å². The van der Waals surface area contributed by atoms with Gasteiger partial charge in [-0.05, 0) is 31.2 Å². The molecule has 10 heteroatoms. The molecular formula is C23H22ClN7O2. The maximum absolute atomic E-state index is 12.9. The van der Waals surface area contributed by atoms with Gasteiger partial charge in [-0.25, -0.2) is 9.67 Å². The van der Waals surface area contributed by atoms with E-state index in [0.717, 1.165) is 48.7 Å². The van der Waals surface area contributed by atoms with Gasteiger partial charge in [-0.2, -0.15) is 5.10 Å². The van der Waals surface area contributed by atoms with E-state index in [1.54, 1.807) is 30.7 Å². The maximum Gasteiger partial charge on any atom is 0.269 e. The average Bonchev–Trinajstić information content (AvgIpc) is 3.21. The number of anilines is 2. The number of aryl methyl sites for hydroxylation is 1. The van der Waals surface area contributed by atoms with Gasteiger partial charge in [0, 0.05) is 55.8 Å². The van der Waals surface area contributed by atoms with Crippen LogP contribution in [0.15, 0.2) is 64.4 Å². The summed E-state index contributed by atoms with van der Waals surface area (Å²) in [5.74, 6) is 0.629. The van der Waals surface area contributed by atoms with Crippen LogP contribution in [0.25, 0.3) is 11.3 Å². The van der Waals surface area contributed by atoms with E-state index in [-0.39, 0.29) is 12.1 Å². The summed E-state index contributed by atoms with van der Waals surface area (Å²) in [4.78, 5) is 25.6. The summed E-state index contributed by atoms with van der Waals surface area (Å²) in [6.07, 6.45) is 7.03. The van der Waals surface area contributed by atoms with Crippen molar-refractivity contribution in [3.63, 3.8) is 0 Å². The molecule has 4 aromatic rings. The second kappa shape index (κ2) is 9.03. The molecule has 0 amide bonds. The molecule has 33 heavy (non-hydrogen) atoms. The zero-order valence-corrected chi connectivity index (χ0v) is 18.8. The first-order valence-corrected chi connectivity index (χ1v) is 11.0. The van der Waals surface area contributed by atoms with Crippen molar-refractivity contribution >= 4 is 23.0 Å². The average molecular weight is 464 g/mol. The van der Waals surface area contributed by atoms with Gasteiger partial charge in [-0.1, -0.05) is 16.8 Å². The van der Waals surface area contributed by atoms with Gasteiger partial charge in [0.1, 0.15) is 16.6 Å². The van der Waals surface area contributed by atoms with Crippen molar-refractivity contribution in [3.05, 3.63) is 81.9 Å². The lowest BCUT2D eigenvalue weighted by atomic mass is 10.1. The molecule has 0 N–H and O–H groups in total. The Morgan fingerprint density at radius 2 is 1.82 bits per heavy atom. The van der Waals surface area contributed by atoms with E-state index >= 15 is 0 Å². The first-order valence-electron chi connectivity index (χ1n) is 10.6. The lowest BCUT2D eigenvalue weighted by molar-refractivity contribution is 0.397. The monoisotopic (exact) mass is 463 g/mol. The van der Waals surface area contributed by atoms with Crippen LogP contribution in [-0.2, 0) is 6.54 Å². The highest BCUT2D eigenvalue weighted by Crippen LogP contribution is 2.26. The van der Waals surface area contributed by atoms with Crippen LogP contribution in [0, 0.1) is 6.92 Å². The second-order valence-corrected chi connectivity index (χ2v) is 8.22. The Morgan fingerprint density at radius 3 is 2.48 bits per heavy atom. The minimum absolute atomic E-state index is 0.178. The molecule has 1 aliphatic rings. The molecule has 0 aromatic carbocycles. The van der Waals surface area contributed by atoms with Crippen molar-refractivity contribution in [1.29, 1.82) is 0 Å². The number of hydrogen-bond acceptors (Lipinski definition) is 8. The van der Waals surface area contributed by atoms with Gasteiger partial charge in [0.05, 0.1) is 30.3 Å². The summed E-state index contributed by atoms with van der Waals surface area (Å²) in [5, 5.41) is 8.97. The first-order chi connectivity index (χ1) is 16.1. The Bertz CT molecular complexity index is 1300. The van der Waals surface area contributed by atoms with Gasteiger partial charge in [0.25, 0.3) is 5.56 Å². The molecule has 1 aliphatic heterocycles. The molecule has 9 nitrogen and oxygen atoms in total. The topological polar surface area (TPSA) is 93.2 Å². The normalized spacial score (nSPS) is 14.0. The summed E-state index contributed by atoms with van der Waals surface area (Å²) >= 11 is 5.89. The molecule has 0 aliphatic carbocycles. The van der Waals surface area contributed by atoms with Crippen LogP contribution in [0.4, 0.5) is 11.4 Å². The van der Waals surface area contributed by atoms with E-state index in [1.807, 2.05) is 25.3 Å². The lowest BCUT2D eigenvalue weighted by Gasteiger charge is -2.36. The van der Waals surface area contributed by atoms with E-state index < -0.39 is 0 Å². The third-order valence-corrected chi connectivity index (χ3v) is 6.03. The number of nitrogens with zero attached hydrogens (tertiary/aromatic N) is 7. The number of rotatable bonds is 5. The molecule has 0 unspecified atom stereocenters. The maximum atomic E-state index is 12.9. The van der Waals surface area contributed by atoms with Gasteiger partial charge in [0.15, 0.2) is 0 Å². The van der Waals surface area contributed by atoms with Crippen LogP contribution < -0.4 is 15.4 Å². The highest BCUT2D eigenvalue weighted by atomic mass is 35.5. The predicted molar refractivity (Wildman–Crippen MR) is 126 cm³/mol. The van der Waals surface area contributed by atoms with Crippen molar-refractivity contribution in [3.8, 4) is 11.3 Å². The number of hydrogen-bond donors (Lipinski definition) is 0. The van der Waals surface area contributed by atoms with Crippen molar-refractivity contribution in [2.75, 3.05) is 36.0 Å². The summed E-state index contributed by atoms with van der Waals surface area (Å²) < 4.78 is 6.80. The van der Waals surface area contributed by atoms with Crippen molar-refractivity contribution in [2.45, 2.75) is 13.5 Å². The second-order valence-electron chi connectivity index (χ2n) is 7.83.